The summed E-state index contributed by atoms with van der Waals surface area (Å²) >= 11 is 0. The van der Waals surface area contributed by atoms with Crippen molar-refractivity contribution in [3.8, 4) is 0 Å². The van der Waals surface area contributed by atoms with E-state index in [2.05, 4.69) is 13.8 Å². The van der Waals surface area contributed by atoms with Gasteiger partial charge in [0.1, 0.15) is 6.04 Å². The lowest BCUT2D eigenvalue weighted by Crippen LogP contribution is -2.58. The van der Waals surface area contributed by atoms with Crippen LogP contribution in [0.1, 0.15) is 45.1 Å². The predicted molar refractivity (Wildman–Crippen MR) is 97.3 cm³/mol. The highest BCUT2D eigenvalue weighted by molar-refractivity contribution is 7.89. The van der Waals surface area contributed by atoms with Gasteiger partial charge in [-0.15, -0.1) is 0 Å². The van der Waals surface area contributed by atoms with Crippen molar-refractivity contribution in [3.05, 3.63) is 29.8 Å². The van der Waals surface area contributed by atoms with Crippen LogP contribution in [0.4, 0.5) is 0 Å². The number of carboxylic acid groups (broad SMARTS) is 1. The highest BCUT2D eigenvalue weighted by Crippen LogP contribution is 2.26. The smallest absolute Gasteiger partial charge is 0.323 e. The molecule has 1 heterocycles. The molecule has 144 valence electrons. The number of aliphatic carboxylic acids is 1. The third-order valence-corrected chi connectivity index (χ3v) is 6.93. The summed E-state index contributed by atoms with van der Waals surface area (Å²) in [5.41, 5.74) is 1.07. The molecule has 1 atom stereocenters. The van der Waals surface area contributed by atoms with Gasteiger partial charge in [-0.25, -0.2) is 8.42 Å². The van der Waals surface area contributed by atoms with E-state index in [9.17, 15) is 23.1 Å². The van der Waals surface area contributed by atoms with Crippen LogP contribution in [0, 0.1) is 0 Å². The molecule has 1 fully saturated rings. The van der Waals surface area contributed by atoms with Gasteiger partial charge in [-0.3, -0.25) is 9.59 Å². The molecule has 8 heteroatoms. The second kappa shape index (κ2) is 8.18. The number of carbonyl (C=O) groups is 2. The summed E-state index contributed by atoms with van der Waals surface area (Å²) in [4.78, 5) is 24.5. The summed E-state index contributed by atoms with van der Waals surface area (Å²) in [6, 6.07) is 5.40. The Balaban J connectivity index is 2.30. The monoisotopic (exact) mass is 382 g/mol. The Kier molecular flexibility index (Phi) is 6.41. The molecule has 0 bridgehead atoms. The van der Waals surface area contributed by atoms with Gasteiger partial charge in [0, 0.05) is 26.6 Å². The summed E-state index contributed by atoms with van der Waals surface area (Å²) in [6.45, 7) is 5.53. The van der Waals surface area contributed by atoms with E-state index in [4.69, 9.17) is 0 Å². The van der Waals surface area contributed by atoms with E-state index in [1.165, 1.54) is 11.8 Å². The molecule has 2 rings (SSSR count). The first kappa shape index (κ1) is 20.4. The molecular formula is C18H26N2O5S. The van der Waals surface area contributed by atoms with Crippen molar-refractivity contribution >= 4 is 21.9 Å². The first-order valence-corrected chi connectivity index (χ1v) is 10.3. The van der Waals surface area contributed by atoms with Gasteiger partial charge in [0.2, 0.25) is 15.9 Å². The van der Waals surface area contributed by atoms with Crippen LogP contribution >= 0.6 is 0 Å². The molecule has 1 amide bonds. The quantitative estimate of drug-likeness (QED) is 0.811. The lowest BCUT2D eigenvalue weighted by Gasteiger charge is -2.38. The van der Waals surface area contributed by atoms with Gasteiger partial charge >= 0.3 is 5.97 Å². The number of rotatable bonds is 6. The molecule has 1 unspecified atom stereocenters. The SMILES string of the molecule is CCC(CC)c1ccc(S(=O)(=O)N2CCN(C(C)=O)CC2C(=O)O)cc1. The molecule has 1 aliphatic heterocycles. The fourth-order valence-corrected chi connectivity index (χ4v) is 4.91. The second-order valence-corrected chi connectivity index (χ2v) is 8.41. The zero-order chi connectivity index (χ0) is 19.5. The van der Waals surface area contributed by atoms with E-state index in [0.717, 1.165) is 22.7 Å². The summed E-state index contributed by atoms with van der Waals surface area (Å²) < 4.78 is 26.9. The van der Waals surface area contributed by atoms with Crippen molar-refractivity contribution in [3.63, 3.8) is 0 Å². The molecule has 0 aromatic heterocycles. The average Bonchev–Trinajstić information content (AvgIpc) is 2.62. The van der Waals surface area contributed by atoms with Gasteiger partial charge in [-0.1, -0.05) is 26.0 Å². The van der Waals surface area contributed by atoms with E-state index < -0.39 is 22.0 Å². The molecule has 0 saturated carbocycles. The average molecular weight is 382 g/mol. The van der Waals surface area contributed by atoms with Gasteiger partial charge < -0.3 is 10.0 Å². The standard InChI is InChI=1S/C18H26N2O5S/c1-4-14(5-2)15-6-8-16(9-7-15)26(24,25)20-11-10-19(13(3)21)12-17(20)18(22)23/h6-9,14,17H,4-5,10-12H2,1-3H3,(H,22,23). The summed E-state index contributed by atoms with van der Waals surface area (Å²) in [5.74, 6) is -1.14. The summed E-state index contributed by atoms with van der Waals surface area (Å²) in [7, 11) is -3.95. The molecule has 1 aliphatic rings. The number of piperazine rings is 1. The zero-order valence-electron chi connectivity index (χ0n) is 15.4. The van der Waals surface area contributed by atoms with Gasteiger partial charge in [-0.2, -0.15) is 4.31 Å². The molecule has 0 radical (unpaired) electrons. The maximum absolute atomic E-state index is 13.0. The molecule has 7 nitrogen and oxygen atoms in total. The Hall–Kier alpha value is -1.93. The van der Waals surface area contributed by atoms with E-state index >= 15 is 0 Å². The van der Waals surface area contributed by atoms with Crippen molar-refractivity contribution in [2.75, 3.05) is 19.6 Å². The van der Waals surface area contributed by atoms with Gasteiger partial charge in [-0.05, 0) is 36.5 Å². The van der Waals surface area contributed by atoms with Crippen LogP contribution in [0.5, 0.6) is 0 Å². The van der Waals surface area contributed by atoms with Crippen molar-refractivity contribution in [2.24, 2.45) is 0 Å². The van der Waals surface area contributed by atoms with E-state index in [1.54, 1.807) is 24.3 Å². The lowest BCUT2D eigenvalue weighted by atomic mass is 9.94. The molecule has 1 aromatic rings. The first-order valence-electron chi connectivity index (χ1n) is 8.82. The molecule has 26 heavy (non-hydrogen) atoms. The normalized spacial score (nSPS) is 18.9. The number of carboxylic acids is 1. The number of nitrogens with zero attached hydrogens (tertiary/aromatic N) is 2. The zero-order valence-corrected chi connectivity index (χ0v) is 16.2. The molecule has 0 spiro atoms. The third-order valence-electron chi connectivity index (χ3n) is 5.01. The van der Waals surface area contributed by atoms with Crippen LogP contribution in [0.15, 0.2) is 29.2 Å². The fourth-order valence-electron chi connectivity index (χ4n) is 3.35. The molecule has 1 saturated heterocycles. The number of amides is 1. The number of sulfonamides is 1. The predicted octanol–water partition coefficient (Wildman–Crippen LogP) is 1.90. The van der Waals surface area contributed by atoms with Crippen LogP contribution in [0.2, 0.25) is 0 Å². The van der Waals surface area contributed by atoms with E-state index in [-0.39, 0.29) is 30.4 Å². The minimum atomic E-state index is -3.95. The second-order valence-electron chi connectivity index (χ2n) is 6.52. The molecular weight excluding hydrogens is 356 g/mol. The van der Waals surface area contributed by atoms with Crippen LogP contribution < -0.4 is 0 Å². The van der Waals surface area contributed by atoms with Crippen LogP contribution in [0.25, 0.3) is 0 Å². The number of benzene rings is 1. The minimum Gasteiger partial charge on any atom is -0.480 e. The highest BCUT2D eigenvalue weighted by atomic mass is 32.2. The first-order chi connectivity index (χ1) is 12.2. The summed E-state index contributed by atoms with van der Waals surface area (Å²) in [6.07, 6.45) is 1.94. The molecule has 1 N–H and O–H groups in total. The Labute approximate surface area is 154 Å². The van der Waals surface area contributed by atoms with E-state index in [1.807, 2.05) is 0 Å². The van der Waals surface area contributed by atoms with Crippen molar-refractivity contribution in [2.45, 2.75) is 50.5 Å². The maximum atomic E-state index is 13.0. The van der Waals surface area contributed by atoms with E-state index in [0.29, 0.717) is 5.92 Å². The fraction of sp³-hybridized carbons (Fsp3) is 0.556. The minimum absolute atomic E-state index is 0.0345. The maximum Gasteiger partial charge on any atom is 0.323 e. The Morgan fingerprint density at radius 1 is 1.15 bits per heavy atom. The van der Waals surface area contributed by atoms with Crippen LogP contribution in [-0.4, -0.2) is 60.3 Å². The largest absolute Gasteiger partial charge is 0.480 e. The highest BCUT2D eigenvalue weighted by Gasteiger charge is 2.40. The Morgan fingerprint density at radius 2 is 1.73 bits per heavy atom. The van der Waals surface area contributed by atoms with Crippen LogP contribution in [-0.2, 0) is 19.6 Å². The van der Waals surface area contributed by atoms with Crippen LogP contribution in [0.3, 0.4) is 0 Å². The Bertz CT molecular complexity index is 756. The van der Waals surface area contributed by atoms with Gasteiger partial charge in [0.25, 0.3) is 0 Å². The topological polar surface area (TPSA) is 95.0 Å². The van der Waals surface area contributed by atoms with Gasteiger partial charge in [0.05, 0.1) is 4.90 Å². The van der Waals surface area contributed by atoms with Crippen molar-refractivity contribution < 1.29 is 23.1 Å². The van der Waals surface area contributed by atoms with Crippen molar-refractivity contribution in [1.29, 1.82) is 0 Å². The van der Waals surface area contributed by atoms with Crippen molar-refractivity contribution in [1.82, 2.24) is 9.21 Å². The Morgan fingerprint density at radius 3 is 2.19 bits per heavy atom. The number of carbonyl (C=O) groups excluding carboxylic acids is 1. The number of hydrogen-bond donors (Lipinski definition) is 1. The summed E-state index contributed by atoms with van der Waals surface area (Å²) in [5, 5.41) is 9.46. The molecule has 0 aliphatic carbocycles. The molecule has 1 aromatic carbocycles. The van der Waals surface area contributed by atoms with Gasteiger partial charge in [0.15, 0.2) is 0 Å². The lowest BCUT2D eigenvalue weighted by molar-refractivity contribution is -0.145. The number of hydrogen-bond acceptors (Lipinski definition) is 4. The third kappa shape index (κ3) is 4.07.